The SMILES string of the molecule is Cc1ccc(NC(=O)CN2CCCC2c2ccc3c(c2)OCCCO3)cc1. The lowest BCUT2D eigenvalue weighted by Gasteiger charge is -2.25. The number of amides is 1. The van der Waals surface area contributed by atoms with E-state index in [-0.39, 0.29) is 11.9 Å². The van der Waals surface area contributed by atoms with E-state index >= 15 is 0 Å². The van der Waals surface area contributed by atoms with Gasteiger partial charge in [0.25, 0.3) is 0 Å². The molecule has 1 saturated heterocycles. The summed E-state index contributed by atoms with van der Waals surface area (Å²) < 4.78 is 11.6. The van der Waals surface area contributed by atoms with Crippen LogP contribution in [0.3, 0.4) is 0 Å². The van der Waals surface area contributed by atoms with E-state index in [1.165, 1.54) is 11.1 Å². The summed E-state index contributed by atoms with van der Waals surface area (Å²) in [5.74, 6) is 1.67. The van der Waals surface area contributed by atoms with Gasteiger partial charge in [-0.1, -0.05) is 23.8 Å². The summed E-state index contributed by atoms with van der Waals surface area (Å²) >= 11 is 0. The van der Waals surface area contributed by atoms with E-state index < -0.39 is 0 Å². The van der Waals surface area contributed by atoms with E-state index in [1.807, 2.05) is 37.3 Å². The topological polar surface area (TPSA) is 50.8 Å². The minimum atomic E-state index is 0.0279. The summed E-state index contributed by atoms with van der Waals surface area (Å²) in [4.78, 5) is 14.8. The molecule has 0 radical (unpaired) electrons. The number of likely N-dealkylation sites (tertiary alicyclic amines) is 1. The van der Waals surface area contributed by atoms with Gasteiger partial charge in [0.2, 0.25) is 5.91 Å². The number of hydrogen-bond donors (Lipinski definition) is 1. The normalized spacial score (nSPS) is 19.5. The third-order valence-electron chi connectivity index (χ3n) is 5.20. The maximum Gasteiger partial charge on any atom is 0.238 e. The molecule has 1 amide bonds. The van der Waals surface area contributed by atoms with Crippen molar-refractivity contribution in [1.82, 2.24) is 4.90 Å². The molecule has 5 heteroatoms. The van der Waals surface area contributed by atoms with Crippen LogP contribution >= 0.6 is 0 Å². The van der Waals surface area contributed by atoms with Gasteiger partial charge < -0.3 is 14.8 Å². The first-order chi connectivity index (χ1) is 13.2. The Morgan fingerprint density at radius 3 is 2.67 bits per heavy atom. The van der Waals surface area contributed by atoms with Crippen LogP contribution in [-0.4, -0.2) is 37.1 Å². The molecule has 2 aromatic rings. The zero-order valence-corrected chi connectivity index (χ0v) is 15.7. The summed E-state index contributed by atoms with van der Waals surface area (Å²) in [5.41, 5.74) is 3.22. The number of benzene rings is 2. The lowest BCUT2D eigenvalue weighted by molar-refractivity contribution is -0.117. The maximum absolute atomic E-state index is 12.5. The predicted octanol–water partition coefficient (Wildman–Crippen LogP) is 3.93. The first-order valence-electron chi connectivity index (χ1n) is 9.69. The maximum atomic E-state index is 12.5. The Labute approximate surface area is 160 Å². The quantitative estimate of drug-likeness (QED) is 0.891. The zero-order chi connectivity index (χ0) is 18.6. The van der Waals surface area contributed by atoms with Crippen LogP contribution in [-0.2, 0) is 4.79 Å². The number of ether oxygens (including phenoxy) is 2. The van der Waals surface area contributed by atoms with Gasteiger partial charge >= 0.3 is 0 Å². The molecule has 4 rings (SSSR count). The summed E-state index contributed by atoms with van der Waals surface area (Å²) in [6.45, 7) is 4.74. The Morgan fingerprint density at radius 2 is 1.85 bits per heavy atom. The van der Waals surface area contributed by atoms with Crippen LogP contribution in [0.2, 0.25) is 0 Å². The Balaban J connectivity index is 1.43. The summed E-state index contributed by atoms with van der Waals surface area (Å²) in [7, 11) is 0. The van der Waals surface area contributed by atoms with Crippen molar-refractivity contribution in [3.63, 3.8) is 0 Å². The lowest BCUT2D eigenvalue weighted by Crippen LogP contribution is -2.32. The second-order valence-electron chi connectivity index (χ2n) is 7.30. The van der Waals surface area contributed by atoms with Crippen molar-refractivity contribution >= 4 is 11.6 Å². The van der Waals surface area contributed by atoms with Gasteiger partial charge in [0.1, 0.15) is 0 Å². The Morgan fingerprint density at radius 1 is 1.07 bits per heavy atom. The van der Waals surface area contributed by atoms with Gasteiger partial charge in [-0.2, -0.15) is 0 Å². The number of carbonyl (C=O) groups is 1. The third-order valence-corrected chi connectivity index (χ3v) is 5.20. The fraction of sp³-hybridized carbons (Fsp3) is 0.409. The van der Waals surface area contributed by atoms with Gasteiger partial charge in [0.05, 0.1) is 19.8 Å². The van der Waals surface area contributed by atoms with Crippen molar-refractivity contribution in [2.75, 3.05) is 31.6 Å². The molecule has 27 heavy (non-hydrogen) atoms. The molecule has 5 nitrogen and oxygen atoms in total. The molecule has 1 atom stereocenters. The number of nitrogens with zero attached hydrogens (tertiary/aromatic N) is 1. The number of nitrogens with one attached hydrogen (secondary N) is 1. The van der Waals surface area contributed by atoms with E-state index in [1.54, 1.807) is 0 Å². The van der Waals surface area contributed by atoms with Gasteiger partial charge in [-0.05, 0) is 56.1 Å². The van der Waals surface area contributed by atoms with Gasteiger partial charge in [-0.15, -0.1) is 0 Å². The van der Waals surface area contributed by atoms with Gasteiger partial charge in [0.15, 0.2) is 11.5 Å². The largest absolute Gasteiger partial charge is 0.490 e. The summed E-state index contributed by atoms with van der Waals surface area (Å²) in [6, 6.07) is 14.3. The molecule has 2 aromatic carbocycles. The molecule has 2 heterocycles. The van der Waals surface area contributed by atoms with Crippen molar-refractivity contribution in [2.24, 2.45) is 0 Å². The van der Waals surface area contributed by atoms with Crippen LogP contribution in [0.15, 0.2) is 42.5 Å². The molecule has 0 bridgehead atoms. The first kappa shape index (κ1) is 17.9. The van der Waals surface area contributed by atoms with E-state index in [0.717, 1.165) is 43.0 Å². The monoisotopic (exact) mass is 366 g/mol. The van der Waals surface area contributed by atoms with Crippen LogP contribution in [0.5, 0.6) is 11.5 Å². The molecular formula is C22H26N2O3. The predicted molar refractivity (Wildman–Crippen MR) is 105 cm³/mol. The second-order valence-corrected chi connectivity index (χ2v) is 7.30. The summed E-state index contributed by atoms with van der Waals surface area (Å²) in [5, 5.41) is 3.00. The lowest BCUT2D eigenvalue weighted by atomic mass is 10.0. The zero-order valence-electron chi connectivity index (χ0n) is 15.7. The van der Waals surface area contributed by atoms with E-state index in [4.69, 9.17) is 9.47 Å². The number of aryl methyl sites for hydroxylation is 1. The number of carbonyl (C=O) groups excluding carboxylic acids is 1. The Hall–Kier alpha value is -2.53. The second kappa shape index (κ2) is 8.01. The highest BCUT2D eigenvalue weighted by Gasteiger charge is 2.28. The van der Waals surface area contributed by atoms with Crippen LogP contribution in [0, 0.1) is 6.92 Å². The number of rotatable bonds is 4. The average Bonchev–Trinajstić information content (AvgIpc) is 2.99. The molecular weight excluding hydrogens is 340 g/mol. The van der Waals surface area contributed by atoms with Crippen molar-refractivity contribution in [3.05, 3.63) is 53.6 Å². The molecule has 2 aliphatic rings. The van der Waals surface area contributed by atoms with Gasteiger partial charge in [-0.3, -0.25) is 9.69 Å². The van der Waals surface area contributed by atoms with Crippen molar-refractivity contribution in [2.45, 2.75) is 32.2 Å². The highest BCUT2D eigenvalue weighted by atomic mass is 16.5. The number of hydrogen-bond acceptors (Lipinski definition) is 4. The highest BCUT2D eigenvalue weighted by Crippen LogP contribution is 2.37. The summed E-state index contributed by atoms with van der Waals surface area (Å²) in [6.07, 6.45) is 3.05. The molecule has 0 spiro atoms. The van der Waals surface area contributed by atoms with Gasteiger partial charge in [0, 0.05) is 18.2 Å². The van der Waals surface area contributed by atoms with Crippen molar-refractivity contribution in [1.29, 1.82) is 0 Å². The standard InChI is InChI=1S/C22H26N2O3/c1-16-5-8-18(9-6-16)23-22(25)15-24-11-2-4-19(24)17-7-10-20-21(14-17)27-13-3-12-26-20/h5-10,14,19H,2-4,11-13,15H2,1H3,(H,23,25). The van der Waals surface area contributed by atoms with E-state index in [0.29, 0.717) is 19.8 Å². The van der Waals surface area contributed by atoms with Crippen molar-refractivity contribution in [3.8, 4) is 11.5 Å². The first-order valence-corrected chi connectivity index (χ1v) is 9.69. The van der Waals surface area contributed by atoms with Crippen LogP contribution < -0.4 is 14.8 Å². The molecule has 142 valence electrons. The van der Waals surface area contributed by atoms with E-state index in [2.05, 4.69) is 22.3 Å². The molecule has 2 aliphatic heterocycles. The molecule has 0 aliphatic carbocycles. The fourth-order valence-corrected chi connectivity index (χ4v) is 3.80. The third kappa shape index (κ3) is 4.25. The van der Waals surface area contributed by atoms with Crippen LogP contribution in [0.25, 0.3) is 0 Å². The molecule has 0 saturated carbocycles. The van der Waals surface area contributed by atoms with Crippen LogP contribution in [0.1, 0.15) is 36.4 Å². The molecule has 1 N–H and O–H groups in total. The van der Waals surface area contributed by atoms with Crippen LogP contribution in [0.4, 0.5) is 5.69 Å². The Bertz CT molecular complexity index is 804. The fourth-order valence-electron chi connectivity index (χ4n) is 3.80. The smallest absolute Gasteiger partial charge is 0.238 e. The molecule has 0 aromatic heterocycles. The minimum absolute atomic E-state index is 0.0279. The molecule has 1 fully saturated rings. The average molecular weight is 366 g/mol. The highest BCUT2D eigenvalue weighted by molar-refractivity contribution is 5.92. The molecule has 1 unspecified atom stereocenters. The Kier molecular flexibility index (Phi) is 5.30. The number of anilines is 1. The van der Waals surface area contributed by atoms with Crippen molar-refractivity contribution < 1.29 is 14.3 Å². The van der Waals surface area contributed by atoms with E-state index in [9.17, 15) is 4.79 Å². The minimum Gasteiger partial charge on any atom is -0.490 e. The van der Waals surface area contributed by atoms with Gasteiger partial charge in [-0.25, -0.2) is 0 Å². The number of fused-ring (bicyclic) bond motifs is 1.